The van der Waals surface area contributed by atoms with Crippen molar-refractivity contribution in [2.45, 2.75) is 64.1 Å². The number of hydrogen-bond donors (Lipinski definition) is 0. The molecule has 116 valence electrons. The molecule has 2 aliphatic carbocycles. The summed E-state index contributed by atoms with van der Waals surface area (Å²) in [6.07, 6.45) is 0.743. The molecule has 0 heterocycles. The number of halogens is 2. The van der Waals surface area contributed by atoms with Crippen LogP contribution in [0.3, 0.4) is 0 Å². The molecule has 2 aliphatic rings. The number of benzene rings is 1. The average Bonchev–Trinajstić information content (AvgIpc) is 2.53. The van der Waals surface area contributed by atoms with Gasteiger partial charge >= 0.3 is 0 Å². The lowest BCUT2D eigenvalue weighted by Crippen LogP contribution is -2.30. The molecule has 3 rings (SSSR count). The van der Waals surface area contributed by atoms with E-state index < -0.39 is 30.3 Å². The maximum atomic E-state index is 13.6. The van der Waals surface area contributed by atoms with Crippen LogP contribution >= 0.6 is 0 Å². The van der Waals surface area contributed by atoms with Crippen molar-refractivity contribution in [1.29, 1.82) is 0 Å². The fourth-order valence-electron chi connectivity index (χ4n) is 3.86. The van der Waals surface area contributed by atoms with Crippen molar-refractivity contribution in [2.24, 2.45) is 17.8 Å². The van der Waals surface area contributed by atoms with E-state index in [1.807, 2.05) is 6.92 Å². The molecule has 0 saturated heterocycles. The van der Waals surface area contributed by atoms with E-state index in [0.717, 1.165) is 24.5 Å². The zero-order valence-corrected chi connectivity index (χ0v) is 12.5. The molecule has 1 aromatic rings. The first kappa shape index (κ1) is 10.7. The molecule has 4 atom stereocenters. The lowest BCUT2D eigenvalue weighted by Gasteiger charge is -2.42. The first-order valence-corrected chi connectivity index (χ1v) is 8.11. The van der Waals surface area contributed by atoms with Crippen LogP contribution in [-0.2, 0) is 0 Å². The highest BCUT2D eigenvalue weighted by molar-refractivity contribution is 5.22. The van der Waals surface area contributed by atoms with Crippen molar-refractivity contribution < 1.29 is 14.3 Å². The van der Waals surface area contributed by atoms with Crippen molar-refractivity contribution >= 4 is 0 Å². The number of rotatable bonds is 3. The summed E-state index contributed by atoms with van der Waals surface area (Å²) in [7, 11) is 0. The van der Waals surface area contributed by atoms with Gasteiger partial charge in [-0.1, -0.05) is 32.2 Å². The van der Waals surface area contributed by atoms with E-state index in [1.165, 1.54) is 6.07 Å². The fourth-order valence-corrected chi connectivity index (χ4v) is 3.86. The van der Waals surface area contributed by atoms with E-state index in [9.17, 15) is 8.78 Å². The van der Waals surface area contributed by atoms with Gasteiger partial charge in [-0.3, -0.25) is 0 Å². The molecular formula is C19H26F2. The van der Waals surface area contributed by atoms with Crippen molar-refractivity contribution in [2.75, 3.05) is 0 Å². The summed E-state index contributed by atoms with van der Waals surface area (Å²) in [5.74, 6) is -2.42. The second-order valence-corrected chi connectivity index (χ2v) is 6.47. The lowest BCUT2D eigenvalue weighted by atomic mass is 9.63. The molecule has 0 amide bonds. The van der Waals surface area contributed by atoms with Crippen LogP contribution in [0.25, 0.3) is 0 Å². The summed E-state index contributed by atoms with van der Waals surface area (Å²) in [4.78, 5) is 0. The molecule has 0 aromatic heterocycles. The van der Waals surface area contributed by atoms with Crippen LogP contribution in [0.1, 0.15) is 75.2 Å². The van der Waals surface area contributed by atoms with E-state index in [0.29, 0.717) is 25.7 Å². The van der Waals surface area contributed by atoms with E-state index in [-0.39, 0.29) is 17.8 Å². The van der Waals surface area contributed by atoms with Gasteiger partial charge in [0.15, 0.2) is 11.6 Å². The molecule has 2 heteroatoms. The highest BCUT2D eigenvalue weighted by Crippen LogP contribution is 2.48. The Morgan fingerprint density at radius 3 is 2.76 bits per heavy atom. The third-order valence-corrected chi connectivity index (χ3v) is 5.02. The minimum absolute atomic E-state index is 0.0469. The molecule has 0 aliphatic heterocycles. The third kappa shape index (κ3) is 3.30. The summed E-state index contributed by atoms with van der Waals surface area (Å²) in [6.45, 7) is 1.97. The molecule has 0 nitrogen and oxygen atoms in total. The van der Waals surface area contributed by atoms with Gasteiger partial charge in [-0.25, -0.2) is 8.78 Å². The summed E-state index contributed by atoms with van der Waals surface area (Å²) < 4.78 is 60.8. The fraction of sp³-hybridized carbons (Fsp3) is 0.684. The maximum Gasteiger partial charge on any atom is 0.159 e. The van der Waals surface area contributed by atoms with Gasteiger partial charge in [-0.15, -0.1) is 0 Å². The van der Waals surface area contributed by atoms with Gasteiger partial charge in [0.1, 0.15) is 0 Å². The lowest BCUT2D eigenvalue weighted by molar-refractivity contribution is 0.114. The minimum atomic E-state index is -1.52. The van der Waals surface area contributed by atoms with Crippen LogP contribution in [0.4, 0.5) is 8.78 Å². The van der Waals surface area contributed by atoms with E-state index in [2.05, 4.69) is 0 Å². The predicted molar refractivity (Wildman–Crippen MR) is 82.2 cm³/mol. The maximum absolute atomic E-state index is 13.6. The van der Waals surface area contributed by atoms with Crippen molar-refractivity contribution in [3.63, 3.8) is 0 Å². The predicted octanol–water partition coefficient (Wildman–Crippen LogP) is 6.06. The van der Waals surface area contributed by atoms with Gasteiger partial charge in [0.2, 0.25) is 0 Å². The van der Waals surface area contributed by atoms with Crippen molar-refractivity contribution in [1.82, 2.24) is 0 Å². The SMILES string of the molecule is [2H]C1([2H])CC2CC(c3ccc(F)c(F)c3)CCC2C([2H])([2H])C1CCC. The zero-order chi connectivity index (χ0) is 18.4. The van der Waals surface area contributed by atoms with Crippen molar-refractivity contribution in [3.8, 4) is 0 Å². The smallest absolute Gasteiger partial charge is 0.159 e. The molecular weight excluding hydrogens is 266 g/mol. The molecule has 21 heavy (non-hydrogen) atoms. The van der Waals surface area contributed by atoms with Crippen LogP contribution in [0, 0.1) is 29.4 Å². The Kier molecular flexibility index (Phi) is 3.30. The number of fused-ring (bicyclic) bond motifs is 1. The minimum Gasteiger partial charge on any atom is -0.204 e. The zero-order valence-electron chi connectivity index (χ0n) is 16.5. The first-order chi connectivity index (χ1) is 11.7. The molecule has 2 saturated carbocycles. The van der Waals surface area contributed by atoms with Crippen LogP contribution < -0.4 is 0 Å². The quantitative estimate of drug-likeness (QED) is 0.635. The second-order valence-electron chi connectivity index (χ2n) is 6.47. The van der Waals surface area contributed by atoms with Crippen LogP contribution in [-0.4, -0.2) is 0 Å². The monoisotopic (exact) mass is 296 g/mol. The highest BCUT2D eigenvalue weighted by atomic mass is 19.2. The molecule has 1 aromatic carbocycles. The average molecular weight is 296 g/mol. The summed E-state index contributed by atoms with van der Waals surface area (Å²) in [5, 5.41) is 0. The summed E-state index contributed by atoms with van der Waals surface area (Å²) >= 11 is 0. The molecule has 2 fully saturated rings. The van der Waals surface area contributed by atoms with Gasteiger partial charge < -0.3 is 0 Å². The van der Waals surface area contributed by atoms with E-state index >= 15 is 0 Å². The van der Waals surface area contributed by atoms with Crippen LogP contribution in [0.2, 0.25) is 0 Å². The van der Waals surface area contributed by atoms with Gasteiger partial charge in [0.25, 0.3) is 0 Å². The Morgan fingerprint density at radius 2 is 2.00 bits per heavy atom. The van der Waals surface area contributed by atoms with E-state index in [4.69, 9.17) is 5.48 Å². The summed E-state index contributed by atoms with van der Waals surface area (Å²) in [6, 6.07) is 4.00. The molecule has 0 radical (unpaired) electrons. The van der Waals surface area contributed by atoms with Crippen LogP contribution in [0.15, 0.2) is 18.2 Å². The number of hydrogen-bond acceptors (Lipinski definition) is 0. The van der Waals surface area contributed by atoms with Gasteiger partial charge in [0, 0.05) is 5.48 Å². The largest absolute Gasteiger partial charge is 0.204 e. The van der Waals surface area contributed by atoms with Gasteiger partial charge in [-0.2, -0.15) is 0 Å². The first-order valence-electron chi connectivity index (χ1n) is 10.1. The topological polar surface area (TPSA) is 0 Å². The van der Waals surface area contributed by atoms with E-state index in [1.54, 1.807) is 6.07 Å². The molecule has 0 spiro atoms. The summed E-state index contributed by atoms with van der Waals surface area (Å²) in [5.41, 5.74) is 0.745. The molecule has 0 N–H and O–H groups in total. The third-order valence-electron chi connectivity index (χ3n) is 5.02. The standard InChI is InChI=1S/C19H26F2/c1-2-3-13-4-5-15-11-16(7-6-14(15)10-13)17-8-9-18(20)19(21)12-17/h8-9,12-16H,2-7,10-11H2,1H3/i4D2,10D2. The second kappa shape index (κ2) is 6.46. The Labute approximate surface area is 132 Å². The Bertz CT molecular complexity index is 632. The Hall–Kier alpha value is -0.920. The molecule has 4 unspecified atom stereocenters. The highest BCUT2D eigenvalue weighted by Gasteiger charge is 2.35. The van der Waals surface area contributed by atoms with Gasteiger partial charge in [0.05, 0.1) is 0 Å². The van der Waals surface area contributed by atoms with Crippen molar-refractivity contribution in [3.05, 3.63) is 35.4 Å². The van der Waals surface area contributed by atoms with Gasteiger partial charge in [-0.05, 0) is 73.4 Å². The molecule has 0 bridgehead atoms. The Balaban J connectivity index is 1.83. The normalized spacial score (nSPS) is 40.3. The Morgan fingerprint density at radius 1 is 1.14 bits per heavy atom. The van der Waals surface area contributed by atoms with Crippen LogP contribution in [0.5, 0.6) is 0 Å².